The van der Waals surface area contributed by atoms with Crippen LogP contribution < -0.4 is 0 Å². The van der Waals surface area contributed by atoms with E-state index in [-0.39, 0.29) is 28.3 Å². The van der Waals surface area contributed by atoms with Crippen LogP contribution in [0.2, 0.25) is 36.3 Å². The fourth-order valence-corrected chi connectivity index (χ4v) is 10.9. The summed E-state index contributed by atoms with van der Waals surface area (Å²) in [6, 6.07) is 0. The Balaban J connectivity index is 1.89. The van der Waals surface area contributed by atoms with Gasteiger partial charge in [0, 0.05) is 6.42 Å². The van der Waals surface area contributed by atoms with E-state index < -0.39 is 16.6 Å². The summed E-state index contributed by atoms with van der Waals surface area (Å²) in [5, 5.41) is 0.282. The molecule has 7 atom stereocenters. The van der Waals surface area contributed by atoms with Crippen LogP contribution in [0.15, 0.2) is 35.5 Å². The van der Waals surface area contributed by atoms with Crippen molar-refractivity contribution in [2.24, 2.45) is 29.1 Å². The van der Waals surface area contributed by atoms with Gasteiger partial charge in [0.1, 0.15) is 0 Å². The molecule has 4 nitrogen and oxygen atoms in total. The van der Waals surface area contributed by atoms with Crippen molar-refractivity contribution in [2.45, 2.75) is 175 Å². The maximum atomic E-state index is 12.4. The monoisotopic (exact) mass is 672 g/mol. The third kappa shape index (κ3) is 8.79. The Morgan fingerprint density at radius 3 is 1.98 bits per heavy atom. The number of ether oxygens (including phenoxy) is 1. The highest BCUT2D eigenvalue weighted by Gasteiger charge is 2.52. The number of hydrogen-bond donors (Lipinski definition) is 0. The Morgan fingerprint density at radius 2 is 1.50 bits per heavy atom. The van der Waals surface area contributed by atoms with E-state index in [1.54, 1.807) is 5.57 Å². The molecule has 0 saturated heterocycles. The minimum Gasteiger partial charge on any atom is -0.466 e. The lowest BCUT2D eigenvalue weighted by Gasteiger charge is -2.46. The van der Waals surface area contributed by atoms with Crippen molar-refractivity contribution < 1.29 is 18.4 Å². The standard InChI is InChI=1S/C40H72O4Si2/c1-16-31(27-37(41)42-17-2)28(3)33-22-23-34-32(19-18-24-40(33,34)11)21-20-30-25-35(43-45(12,13)38(5,6)7)29(4)36(26-30)44-46(14,15)39(8,9)10/h20-21,28,31,33-36H,4,16-19,22-27H2,1-3,5-15H3/b32-21+/t28-,31+,33-,34+,35-,36-,40-/m1/s1. The first kappa shape index (κ1) is 39.5. The Kier molecular flexibility index (Phi) is 12.8. The molecule has 3 aliphatic carbocycles. The Labute approximate surface area is 286 Å². The van der Waals surface area contributed by atoms with E-state index >= 15 is 0 Å². The van der Waals surface area contributed by atoms with Crippen LogP contribution in [-0.2, 0) is 18.4 Å². The number of hydrogen-bond acceptors (Lipinski definition) is 4. The van der Waals surface area contributed by atoms with E-state index in [0.717, 1.165) is 24.8 Å². The van der Waals surface area contributed by atoms with Gasteiger partial charge in [0.25, 0.3) is 0 Å². The van der Waals surface area contributed by atoms with Crippen molar-refractivity contribution in [2.75, 3.05) is 6.61 Å². The molecule has 264 valence electrons. The van der Waals surface area contributed by atoms with Crippen LogP contribution in [-0.4, -0.2) is 41.4 Å². The zero-order valence-corrected chi connectivity index (χ0v) is 34.5. The van der Waals surface area contributed by atoms with Crippen LogP contribution in [0.25, 0.3) is 0 Å². The molecule has 3 fully saturated rings. The van der Waals surface area contributed by atoms with E-state index in [1.165, 1.54) is 37.7 Å². The van der Waals surface area contributed by atoms with Crippen LogP contribution in [0.1, 0.15) is 127 Å². The van der Waals surface area contributed by atoms with Crippen LogP contribution in [0, 0.1) is 29.1 Å². The Hall–Kier alpha value is -0.956. The van der Waals surface area contributed by atoms with Gasteiger partial charge in [-0.25, -0.2) is 0 Å². The van der Waals surface area contributed by atoms with E-state index in [1.807, 2.05) is 6.92 Å². The maximum absolute atomic E-state index is 12.4. The zero-order chi connectivity index (χ0) is 34.9. The average Bonchev–Trinajstić information content (AvgIpc) is 3.28. The maximum Gasteiger partial charge on any atom is 0.306 e. The second-order valence-corrected chi connectivity index (χ2v) is 27.9. The molecule has 0 heterocycles. The van der Waals surface area contributed by atoms with E-state index in [0.29, 0.717) is 42.1 Å². The highest BCUT2D eigenvalue weighted by molar-refractivity contribution is 6.74. The average molecular weight is 673 g/mol. The molecule has 46 heavy (non-hydrogen) atoms. The van der Waals surface area contributed by atoms with Gasteiger partial charge in [0.15, 0.2) is 16.6 Å². The molecule has 6 heteroatoms. The van der Waals surface area contributed by atoms with Gasteiger partial charge >= 0.3 is 5.97 Å². The van der Waals surface area contributed by atoms with Gasteiger partial charge in [0.2, 0.25) is 0 Å². The fraction of sp³-hybridized carbons (Fsp3) is 0.825. The summed E-state index contributed by atoms with van der Waals surface area (Å²) in [5.41, 5.74) is 4.53. The molecule has 0 N–H and O–H groups in total. The first-order valence-electron chi connectivity index (χ1n) is 18.7. The third-order valence-corrected chi connectivity index (χ3v) is 22.4. The lowest BCUT2D eigenvalue weighted by atomic mass is 9.59. The largest absolute Gasteiger partial charge is 0.466 e. The Morgan fingerprint density at radius 1 is 0.957 bits per heavy atom. The molecule has 0 spiro atoms. The molecule has 0 radical (unpaired) electrons. The van der Waals surface area contributed by atoms with Crippen LogP contribution >= 0.6 is 0 Å². The molecule has 3 rings (SSSR count). The molecule has 0 amide bonds. The van der Waals surface area contributed by atoms with Crippen LogP contribution in [0.4, 0.5) is 0 Å². The summed E-state index contributed by atoms with van der Waals surface area (Å²) in [4.78, 5) is 12.4. The molecule has 0 aromatic carbocycles. The molecule has 0 aliphatic heterocycles. The van der Waals surface area contributed by atoms with E-state index in [9.17, 15) is 4.79 Å². The molecule has 0 aromatic heterocycles. The number of allylic oxidation sites excluding steroid dienone is 3. The molecule has 0 aromatic rings. The van der Waals surface area contributed by atoms with Gasteiger partial charge in [-0.2, -0.15) is 0 Å². The van der Waals surface area contributed by atoms with Crippen molar-refractivity contribution in [1.29, 1.82) is 0 Å². The van der Waals surface area contributed by atoms with Gasteiger partial charge in [0.05, 0.1) is 18.8 Å². The molecule has 0 unspecified atom stereocenters. The van der Waals surface area contributed by atoms with Crippen molar-refractivity contribution in [3.63, 3.8) is 0 Å². The van der Waals surface area contributed by atoms with Gasteiger partial charge < -0.3 is 13.6 Å². The first-order chi connectivity index (χ1) is 21.1. The Bertz CT molecular complexity index is 1090. The summed E-state index contributed by atoms with van der Waals surface area (Å²) in [7, 11) is -3.99. The SMILES string of the molecule is C=C1[C@H](O[Si](C)(C)C(C)(C)C)CC(=C/C=C2\CCC[C@]3(C)[C@@H]([C@H](C)[C@@H](CC)CC(=O)OCC)CC[C@@H]23)C[C@H]1O[Si](C)(C)C(C)(C)C. The number of esters is 1. The summed E-state index contributed by atoms with van der Waals surface area (Å²) >= 11 is 0. The highest BCUT2D eigenvalue weighted by Crippen LogP contribution is 2.60. The second-order valence-electron chi connectivity index (χ2n) is 18.4. The van der Waals surface area contributed by atoms with Gasteiger partial charge in [-0.15, -0.1) is 0 Å². The molecule has 3 saturated carbocycles. The van der Waals surface area contributed by atoms with E-state index in [4.69, 9.17) is 13.6 Å². The molecular formula is C40H72O4Si2. The summed E-state index contributed by atoms with van der Waals surface area (Å²) in [5.74, 6) is 2.16. The fourth-order valence-electron chi connectivity index (χ4n) is 8.30. The zero-order valence-electron chi connectivity index (χ0n) is 32.5. The minimum absolute atomic E-state index is 0.00719. The summed E-state index contributed by atoms with van der Waals surface area (Å²) in [6.07, 6.45) is 14.7. The lowest BCUT2D eigenvalue weighted by molar-refractivity contribution is -0.145. The quantitative estimate of drug-likeness (QED) is 0.124. The molecular weight excluding hydrogens is 601 g/mol. The van der Waals surface area contributed by atoms with Gasteiger partial charge in [-0.1, -0.05) is 98.6 Å². The predicted molar refractivity (Wildman–Crippen MR) is 201 cm³/mol. The number of carbonyl (C=O) groups excluding carboxylic acids is 1. The normalized spacial score (nSPS) is 30.3. The van der Waals surface area contributed by atoms with Crippen LogP contribution in [0.5, 0.6) is 0 Å². The predicted octanol–water partition coefficient (Wildman–Crippen LogP) is 11.8. The van der Waals surface area contributed by atoms with Crippen molar-refractivity contribution in [3.05, 3.63) is 35.5 Å². The highest BCUT2D eigenvalue weighted by atomic mass is 28.4. The van der Waals surface area contributed by atoms with Gasteiger partial charge in [-0.05, 0) is 123 Å². The van der Waals surface area contributed by atoms with Crippen LogP contribution in [0.3, 0.4) is 0 Å². The number of rotatable bonds is 11. The minimum atomic E-state index is -1.99. The van der Waals surface area contributed by atoms with Gasteiger partial charge in [-0.3, -0.25) is 4.79 Å². The van der Waals surface area contributed by atoms with Crippen molar-refractivity contribution in [3.8, 4) is 0 Å². The summed E-state index contributed by atoms with van der Waals surface area (Å²) in [6.45, 7) is 37.6. The molecule has 3 aliphatic rings. The number of fused-ring (bicyclic) bond motifs is 1. The third-order valence-electron chi connectivity index (χ3n) is 13.4. The van der Waals surface area contributed by atoms with Crippen molar-refractivity contribution in [1.82, 2.24) is 0 Å². The lowest BCUT2D eigenvalue weighted by Crippen LogP contribution is -2.49. The van der Waals surface area contributed by atoms with E-state index in [2.05, 4.69) is 107 Å². The first-order valence-corrected chi connectivity index (χ1v) is 24.5. The van der Waals surface area contributed by atoms with Crippen molar-refractivity contribution >= 4 is 22.6 Å². The number of carbonyl (C=O) groups is 1. The summed E-state index contributed by atoms with van der Waals surface area (Å²) < 4.78 is 19.5. The smallest absolute Gasteiger partial charge is 0.306 e. The topological polar surface area (TPSA) is 44.8 Å². The second kappa shape index (κ2) is 14.9. The molecule has 0 bridgehead atoms.